The summed E-state index contributed by atoms with van der Waals surface area (Å²) in [6.07, 6.45) is 0. The number of hydrogen-bond donors (Lipinski definition) is 1. The molecule has 4 heteroatoms. The molecule has 0 amide bonds. The number of carbonyl (C=O) groups excluding carboxylic acids is 1. The first-order chi connectivity index (χ1) is 5.83. The van der Waals surface area contributed by atoms with E-state index < -0.39 is 0 Å². The molecular formula is C9H12ClNO2. The van der Waals surface area contributed by atoms with Crippen molar-refractivity contribution in [3.05, 3.63) is 30.3 Å². The number of likely N-dealkylation sites (N-methyl/N-ethyl adjacent to an activating group) is 1. The van der Waals surface area contributed by atoms with Crippen molar-refractivity contribution < 1.29 is 9.53 Å². The van der Waals surface area contributed by atoms with Gasteiger partial charge in [0.05, 0.1) is 6.54 Å². The summed E-state index contributed by atoms with van der Waals surface area (Å²) in [5.74, 6) is 0.307. The van der Waals surface area contributed by atoms with E-state index in [-0.39, 0.29) is 24.9 Å². The maximum Gasteiger partial charge on any atom is 0.325 e. The van der Waals surface area contributed by atoms with Crippen LogP contribution in [0.25, 0.3) is 0 Å². The Kier molecular flexibility index (Phi) is 5.93. The van der Waals surface area contributed by atoms with Crippen LogP contribution in [0.4, 0.5) is 0 Å². The molecule has 0 bridgehead atoms. The third-order valence-corrected chi connectivity index (χ3v) is 1.30. The van der Waals surface area contributed by atoms with E-state index in [4.69, 9.17) is 4.74 Å². The van der Waals surface area contributed by atoms with Crippen molar-refractivity contribution in [2.75, 3.05) is 13.6 Å². The number of para-hydroxylation sites is 1. The molecule has 0 aliphatic carbocycles. The number of esters is 1. The molecule has 3 nitrogen and oxygen atoms in total. The molecule has 0 aliphatic rings. The van der Waals surface area contributed by atoms with Crippen molar-refractivity contribution in [1.29, 1.82) is 0 Å². The standard InChI is InChI=1S/C9H11NO2.ClH/c1-10-7-9(11)12-8-5-3-2-4-6-8;/h2-6,10H,7H2,1H3;1H. The number of benzene rings is 1. The summed E-state index contributed by atoms with van der Waals surface area (Å²) in [6, 6.07) is 9.00. The summed E-state index contributed by atoms with van der Waals surface area (Å²) >= 11 is 0. The normalized spacial score (nSPS) is 8.69. The van der Waals surface area contributed by atoms with Crippen molar-refractivity contribution in [2.45, 2.75) is 0 Å². The van der Waals surface area contributed by atoms with Gasteiger partial charge in [-0.15, -0.1) is 12.4 Å². The zero-order chi connectivity index (χ0) is 8.81. The van der Waals surface area contributed by atoms with Crippen LogP contribution in [-0.2, 0) is 4.79 Å². The second-order valence-electron chi connectivity index (χ2n) is 2.32. The second kappa shape index (κ2) is 6.46. The van der Waals surface area contributed by atoms with Gasteiger partial charge in [0, 0.05) is 0 Å². The fourth-order valence-electron chi connectivity index (χ4n) is 0.800. The smallest absolute Gasteiger partial charge is 0.325 e. The molecule has 0 radical (unpaired) electrons. The minimum Gasteiger partial charge on any atom is -0.426 e. The van der Waals surface area contributed by atoms with E-state index >= 15 is 0 Å². The molecule has 0 heterocycles. The van der Waals surface area contributed by atoms with E-state index in [1.807, 2.05) is 18.2 Å². The van der Waals surface area contributed by atoms with Crippen LogP contribution < -0.4 is 10.1 Å². The first-order valence-corrected chi connectivity index (χ1v) is 3.73. The molecule has 1 rings (SSSR count). The average Bonchev–Trinajstić information content (AvgIpc) is 2.06. The topological polar surface area (TPSA) is 38.3 Å². The zero-order valence-electron chi connectivity index (χ0n) is 7.32. The number of nitrogens with one attached hydrogen (secondary N) is 1. The lowest BCUT2D eigenvalue weighted by Gasteiger charge is -2.01. The molecule has 1 N–H and O–H groups in total. The highest BCUT2D eigenvalue weighted by Gasteiger charge is 2.00. The number of rotatable bonds is 3. The van der Waals surface area contributed by atoms with E-state index in [2.05, 4.69) is 5.32 Å². The Bertz CT molecular complexity index is 251. The van der Waals surface area contributed by atoms with Gasteiger partial charge in [-0.1, -0.05) is 18.2 Å². The van der Waals surface area contributed by atoms with Gasteiger partial charge >= 0.3 is 5.97 Å². The van der Waals surface area contributed by atoms with Gasteiger partial charge in [-0.25, -0.2) is 0 Å². The summed E-state index contributed by atoms with van der Waals surface area (Å²) in [5, 5.41) is 2.71. The van der Waals surface area contributed by atoms with Gasteiger partial charge < -0.3 is 10.1 Å². The SMILES string of the molecule is CNCC(=O)Oc1ccccc1.Cl. The molecule has 0 aromatic heterocycles. The Labute approximate surface area is 83.5 Å². The average molecular weight is 202 g/mol. The maximum atomic E-state index is 10.9. The molecule has 1 aromatic carbocycles. The number of hydrogen-bond acceptors (Lipinski definition) is 3. The first kappa shape index (κ1) is 11.9. The van der Waals surface area contributed by atoms with Crippen LogP contribution in [0.2, 0.25) is 0 Å². The highest BCUT2D eigenvalue weighted by Crippen LogP contribution is 2.07. The minimum atomic E-state index is -0.274. The van der Waals surface area contributed by atoms with Crippen LogP contribution >= 0.6 is 12.4 Å². The van der Waals surface area contributed by atoms with E-state index in [0.29, 0.717) is 5.75 Å². The van der Waals surface area contributed by atoms with Crippen LogP contribution in [0.15, 0.2) is 30.3 Å². The molecule has 13 heavy (non-hydrogen) atoms. The van der Waals surface area contributed by atoms with Crippen molar-refractivity contribution in [3.8, 4) is 5.75 Å². The third kappa shape index (κ3) is 4.50. The molecule has 0 saturated heterocycles. The Hall–Kier alpha value is -1.06. The van der Waals surface area contributed by atoms with E-state index in [0.717, 1.165) is 0 Å². The van der Waals surface area contributed by atoms with E-state index in [1.54, 1.807) is 19.2 Å². The molecule has 0 spiro atoms. The summed E-state index contributed by atoms with van der Waals surface area (Å²) in [7, 11) is 1.70. The Morgan fingerprint density at radius 2 is 2.00 bits per heavy atom. The number of carbonyl (C=O) groups is 1. The predicted octanol–water partition coefficient (Wildman–Crippen LogP) is 1.23. The van der Waals surface area contributed by atoms with Crippen LogP contribution in [0, 0.1) is 0 Å². The summed E-state index contributed by atoms with van der Waals surface area (Å²) < 4.78 is 4.95. The fourth-order valence-corrected chi connectivity index (χ4v) is 0.800. The van der Waals surface area contributed by atoms with Crippen molar-refractivity contribution in [1.82, 2.24) is 5.32 Å². The molecule has 72 valence electrons. The van der Waals surface area contributed by atoms with Gasteiger partial charge in [0.1, 0.15) is 5.75 Å². The van der Waals surface area contributed by atoms with Gasteiger partial charge in [0.2, 0.25) is 0 Å². The van der Waals surface area contributed by atoms with Gasteiger partial charge in [-0.3, -0.25) is 4.79 Å². The van der Waals surface area contributed by atoms with Gasteiger partial charge in [0.15, 0.2) is 0 Å². The molecule has 0 saturated carbocycles. The van der Waals surface area contributed by atoms with Crippen LogP contribution in [0.3, 0.4) is 0 Å². The lowest BCUT2D eigenvalue weighted by Crippen LogP contribution is -2.23. The van der Waals surface area contributed by atoms with Crippen molar-refractivity contribution >= 4 is 18.4 Å². The maximum absolute atomic E-state index is 10.9. The molecule has 0 fully saturated rings. The van der Waals surface area contributed by atoms with Gasteiger partial charge in [-0.05, 0) is 19.2 Å². The van der Waals surface area contributed by atoms with Gasteiger partial charge in [0.25, 0.3) is 0 Å². The summed E-state index contributed by atoms with van der Waals surface area (Å²) in [5.41, 5.74) is 0. The fraction of sp³-hybridized carbons (Fsp3) is 0.222. The quantitative estimate of drug-likeness (QED) is 0.591. The van der Waals surface area contributed by atoms with E-state index in [9.17, 15) is 4.79 Å². The Morgan fingerprint density at radius 1 is 1.38 bits per heavy atom. The lowest BCUT2D eigenvalue weighted by molar-refractivity contribution is -0.133. The summed E-state index contributed by atoms with van der Waals surface area (Å²) in [6.45, 7) is 0.231. The highest BCUT2D eigenvalue weighted by atomic mass is 35.5. The molecule has 1 aromatic rings. The molecule has 0 unspecified atom stereocenters. The summed E-state index contributed by atoms with van der Waals surface area (Å²) in [4.78, 5) is 10.9. The highest BCUT2D eigenvalue weighted by molar-refractivity contribution is 5.85. The van der Waals surface area contributed by atoms with Crippen LogP contribution in [0.1, 0.15) is 0 Å². The van der Waals surface area contributed by atoms with Crippen LogP contribution in [0.5, 0.6) is 5.75 Å². The zero-order valence-corrected chi connectivity index (χ0v) is 8.14. The first-order valence-electron chi connectivity index (χ1n) is 3.73. The largest absolute Gasteiger partial charge is 0.426 e. The van der Waals surface area contributed by atoms with Crippen molar-refractivity contribution in [2.24, 2.45) is 0 Å². The van der Waals surface area contributed by atoms with E-state index in [1.165, 1.54) is 0 Å². The Balaban J connectivity index is 0.00000144. The monoisotopic (exact) mass is 201 g/mol. The third-order valence-electron chi connectivity index (χ3n) is 1.30. The molecule has 0 atom stereocenters. The van der Waals surface area contributed by atoms with Crippen molar-refractivity contribution in [3.63, 3.8) is 0 Å². The number of ether oxygens (including phenoxy) is 1. The Morgan fingerprint density at radius 3 is 2.54 bits per heavy atom. The second-order valence-corrected chi connectivity index (χ2v) is 2.32. The molecular weight excluding hydrogens is 190 g/mol. The lowest BCUT2D eigenvalue weighted by atomic mass is 10.3. The minimum absolute atomic E-state index is 0. The molecule has 0 aliphatic heterocycles. The van der Waals surface area contributed by atoms with Crippen LogP contribution in [-0.4, -0.2) is 19.6 Å². The van der Waals surface area contributed by atoms with Gasteiger partial charge in [-0.2, -0.15) is 0 Å². The number of halogens is 1. The predicted molar refractivity (Wildman–Crippen MR) is 53.3 cm³/mol.